The SMILES string of the molecule is CCCCC(=O)N(CCCC(N)N)[C@@](CCC)(CS(=O)(=O)O)C(=O)O. The van der Waals surface area contributed by atoms with E-state index in [2.05, 4.69) is 0 Å². The molecule has 0 spiro atoms. The van der Waals surface area contributed by atoms with Crippen LogP contribution in [-0.4, -0.2) is 58.9 Å². The minimum absolute atomic E-state index is 0.00919. The van der Waals surface area contributed by atoms with E-state index in [4.69, 9.17) is 11.5 Å². The van der Waals surface area contributed by atoms with Crippen molar-refractivity contribution in [1.29, 1.82) is 0 Å². The predicted octanol–water partition coefficient (Wildman–Crippen LogP) is 0.540. The number of hydrogen-bond acceptors (Lipinski definition) is 6. The van der Waals surface area contributed by atoms with E-state index in [1.807, 2.05) is 6.92 Å². The van der Waals surface area contributed by atoms with Crippen LogP contribution in [0.3, 0.4) is 0 Å². The maximum atomic E-state index is 12.6. The van der Waals surface area contributed by atoms with Crippen molar-refractivity contribution in [2.24, 2.45) is 11.5 Å². The molecule has 0 aliphatic heterocycles. The zero-order chi connectivity index (χ0) is 19.7. The lowest BCUT2D eigenvalue weighted by molar-refractivity contribution is -0.158. The van der Waals surface area contributed by atoms with Crippen molar-refractivity contribution in [2.75, 3.05) is 12.3 Å². The average molecular weight is 381 g/mol. The molecule has 1 amide bonds. The molecule has 148 valence electrons. The monoisotopic (exact) mass is 381 g/mol. The lowest BCUT2D eigenvalue weighted by atomic mass is 9.92. The van der Waals surface area contributed by atoms with Gasteiger partial charge in [0, 0.05) is 13.0 Å². The number of rotatable bonds is 13. The summed E-state index contributed by atoms with van der Waals surface area (Å²) < 4.78 is 32.2. The first kappa shape index (κ1) is 23.8. The number of hydrogen-bond donors (Lipinski definition) is 4. The normalized spacial score (nSPS) is 14.3. The number of amides is 1. The Morgan fingerprint density at radius 1 is 1.16 bits per heavy atom. The summed E-state index contributed by atoms with van der Waals surface area (Å²) in [5.74, 6) is -2.95. The van der Waals surface area contributed by atoms with Crippen LogP contribution in [0.4, 0.5) is 0 Å². The van der Waals surface area contributed by atoms with Gasteiger partial charge < -0.3 is 21.5 Å². The molecule has 10 heteroatoms. The van der Waals surface area contributed by atoms with Crippen molar-refractivity contribution in [3.63, 3.8) is 0 Å². The van der Waals surface area contributed by atoms with E-state index in [0.29, 0.717) is 25.7 Å². The number of carboxylic acids is 1. The molecule has 0 aliphatic rings. The van der Waals surface area contributed by atoms with Crippen LogP contribution in [0.25, 0.3) is 0 Å². The van der Waals surface area contributed by atoms with E-state index < -0.39 is 39.5 Å². The van der Waals surface area contributed by atoms with E-state index in [9.17, 15) is 27.7 Å². The van der Waals surface area contributed by atoms with Crippen LogP contribution in [-0.2, 0) is 19.7 Å². The molecule has 0 saturated heterocycles. The Morgan fingerprint density at radius 2 is 1.76 bits per heavy atom. The average Bonchev–Trinajstić information content (AvgIpc) is 2.46. The van der Waals surface area contributed by atoms with E-state index in [1.165, 1.54) is 0 Å². The molecule has 0 bridgehead atoms. The molecule has 0 aromatic rings. The number of carboxylic acid groups (broad SMARTS) is 1. The van der Waals surface area contributed by atoms with Gasteiger partial charge in [-0.1, -0.05) is 26.7 Å². The molecule has 0 aliphatic carbocycles. The van der Waals surface area contributed by atoms with Gasteiger partial charge in [0.15, 0.2) is 5.54 Å². The summed E-state index contributed by atoms with van der Waals surface area (Å²) in [6, 6.07) is 0. The van der Waals surface area contributed by atoms with Gasteiger partial charge in [0.25, 0.3) is 10.1 Å². The first-order chi connectivity index (χ1) is 11.5. The third kappa shape index (κ3) is 8.13. The lowest BCUT2D eigenvalue weighted by Crippen LogP contribution is -2.61. The summed E-state index contributed by atoms with van der Waals surface area (Å²) in [6.45, 7) is 3.58. The molecule has 0 aromatic heterocycles. The van der Waals surface area contributed by atoms with E-state index >= 15 is 0 Å². The second-order valence-electron chi connectivity index (χ2n) is 6.27. The zero-order valence-corrected chi connectivity index (χ0v) is 15.8. The number of unbranched alkanes of at least 4 members (excludes halogenated alkanes) is 1. The Balaban J connectivity index is 5.83. The second-order valence-corrected chi connectivity index (χ2v) is 7.72. The largest absolute Gasteiger partial charge is 0.479 e. The summed E-state index contributed by atoms with van der Waals surface area (Å²) in [4.78, 5) is 25.7. The molecule has 0 heterocycles. The van der Waals surface area contributed by atoms with Crippen LogP contribution in [0, 0.1) is 0 Å². The number of carbonyl (C=O) groups is 2. The number of aliphatic carboxylic acids is 1. The molecular weight excluding hydrogens is 350 g/mol. The Hall–Kier alpha value is -1.23. The van der Waals surface area contributed by atoms with Crippen molar-refractivity contribution in [1.82, 2.24) is 4.90 Å². The van der Waals surface area contributed by atoms with Crippen LogP contribution >= 0.6 is 0 Å². The molecule has 0 radical (unpaired) electrons. The van der Waals surface area contributed by atoms with Gasteiger partial charge >= 0.3 is 5.97 Å². The van der Waals surface area contributed by atoms with Crippen molar-refractivity contribution in [3.05, 3.63) is 0 Å². The van der Waals surface area contributed by atoms with Gasteiger partial charge in [0.2, 0.25) is 5.91 Å². The van der Waals surface area contributed by atoms with Gasteiger partial charge in [-0.15, -0.1) is 0 Å². The quantitative estimate of drug-likeness (QED) is 0.265. The van der Waals surface area contributed by atoms with Crippen LogP contribution < -0.4 is 11.5 Å². The highest BCUT2D eigenvalue weighted by Crippen LogP contribution is 2.27. The minimum atomic E-state index is -4.61. The summed E-state index contributed by atoms with van der Waals surface area (Å²) in [5, 5.41) is 9.75. The van der Waals surface area contributed by atoms with Gasteiger partial charge in [-0.05, 0) is 25.7 Å². The molecule has 0 unspecified atom stereocenters. The Morgan fingerprint density at radius 3 is 2.16 bits per heavy atom. The molecule has 25 heavy (non-hydrogen) atoms. The number of carbonyl (C=O) groups excluding carboxylic acids is 1. The second kappa shape index (κ2) is 10.7. The Bertz CT molecular complexity index is 537. The maximum absolute atomic E-state index is 12.6. The number of nitrogens with two attached hydrogens (primary N) is 2. The van der Waals surface area contributed by atoms with Gasteiger partial charge in [-0.3, -0.25) is 9.35 Å². The van der Waals surface area contributed by atoms with Gasteiger partial charge in [-0.2, -0.15) is 8.42 Å². The predicted molar refractivity (Wildman–Crippen MR) is 94.3 cm³/mol. The molecule has 0 aromatic carbocycles. The number of nitrogens with zero attached hydrogens (tertiary/aromatic N) is 1. The minimum Gasteiger partial charge on any atom is -0.479 e. The molecule has 6 N–H and O–H groups in total. The molecule has 0 rings (SSSR count). The van der Waals surface area contributed by atoms with E-state index in [0.717, 1.165) is 11.3 Å². The van der Waals surface area contributed by atoms with Crippen molar-refractivity contribution in [2.45, 2.75) is 70.5 Å². The molecule has 0 saturated carbocycles. The lowest BCUT2D eigenvalue weighted by Gasteiger charge is -2.40. The van der Waals surface area contributed by atoms with E-state index in [-0.39, 0.29) is 19.4 Å². The zero-order valence-electron chi connectivity index (χ0n) is 15.0. The fourth-order valence-corrected chi connectivity index (χ4v) is 3.84. The van der Waals surface area contributed by atoms with Crippen molar-refractivity contribution in [3.8, 4) is 0 Å². The Labute approximate surface area is 149 Å². The fourth-order valence-electron chi connectivity index (χ4n) is 2.81. The summed E-state index contributed by atoms with van der Waals surface area (Å²) >= 11 is 0. The highest BCUT2D eigenvalue weighted by Gasteiger charge is 2.48. The van der Waals surface area contributed by atoms with Crippen molar-refractivity contribution >= 4 is 22.0 Å². The van der Waals surface area contributed by atoms with Crippen LogP contribution in [0.2, 0.25) is 0 Å². The molecular formula is C15H31N3O6S. The standard InChI is InChI=1S/C15H31N3O6S/c1-3-5-8-13(19)18(10-6-7-12(16)17)15(9-4-2,14(20)21)11-25(22,23)24/h12H,3-11,16-17H2,1-2H3,(H,20,21)(H,22,23,24)/t15-/m0/s1. The van der Waals surface area contributed by atoms with E-state index in [1.54, 1.807) is 6.92 Å². The summed E-state index contributed by atoms with van der Waals surface area (Å²) in [6.07, 6.45) is 1.71. The van der Waals surface area contributed by atoms with Crippen LogP contribution in [0.5, 0.6) is 0 Å². The van der Waals surface area contributed by atoms with Gasteiger partial charge in [0.05, 0.1) is 6.17 Å². The Kier molecular flexibility index (Phi) is 10.2. The molecule has 0 fully saturated rings. The summed E-state index contributed by atoms with van der Waals surface area (Å²) in [7, 11) is -4.61. The third-order valence-electron chi connectivity index (χ3n) is 3.96. The van der Waals surface area contributed by atoms with Crippen LogP contribution in [0.15, 0.2) is 0 Å². The maximum Gasteiger partial charge on any atom is 0.330 e. The van der Waals surface area contributed by atoms with Crippen molar-refractivity contribution < 1.29 is 27.7 Å². The third-order valence-corrected chi connectivity index (χ3v) is 4.81. The molecule has 1 atom stereocenters. The highest BCUT2D eigenvalue weighted by atomic mass is 32.2. The topological polar surface area (TPSA) is 164 Å². The van der Waals surface area contributed by atoms with Gasteiger partial charge in [-0.25, -0.2) is 4.79 Å². The summed E-state index contributed by atoms with van der Waals surface area (Å²) in [5.41, 5.74) is 8.96. The highest BCUT2D eigenvalue weighted by molar-refractivity contribution is 7.85. The molecule has 9 nitrogen and oxygen atoms in total. The first-order valence-corrected chi connectivity index (χ1v) is 10.1. The fraction of sp³-hybridized carbons (Fsp3) is 0.867. The first-order valence-electron chi connectivity index (χ1n) is 8.50. The smallest absolute Gasteiger partial charge is 0.330 e. The van der Waals surface area contributed by atoms with Crippen LogP contribution in [0.1, 0.15) is 58.8 Å². The van der Waals surface area contributed by atoms with Gasteiger partial charge in [0.1, 0.15) is 5.75 Å².